The van der Waals surface area contributed by atoms with Crippen molar-refractivity contribution in [2.75, 3.05) is 32.6 Å². The highest BCUT2D eigenvalue weighted by atomic mass is 32.2. The smallest absolute Gasteiger partial charge is 0.410 e. The van der Waals surface area contributed by atoms with Crippen molar-refractivity contribution in [3.63, 3.8) is 0 Å². The van der Waals surface area contributed by atoms with Crippen molar-refractivity contribution in [1.82, 2.24) is 4.90 Å². The monoisotopic (exact) mass is 297 g/mol. The van der Waals surface area contributed by atoms with Gasteiger partial charge in [-0.1, -0.05) is 12.1 Å². The van der Waals surface area contributed by atoms with Crippen LogP contribution in [-0.2, 0) is 4.74 Å². The first-order valence-electron chi connectivity index (χ1n) is 6.57. The van der Waals surface area contributed by atoms with E-state index in [4.69, 9.17) is 14.2 Å². The molecule has 1 aromatic carbocycles. The molecule has 1 aliphatic heterocycles. The van der Waals surface area contributed by atoms with Crippen molar-refractivity contribution in [1.29, 1.82) is 0 Å². The Balaban J connectivity index is 1.94. The van der Waals surface area contributed by atoms with Gasteiger partial charge in [0.2, 0.25) is 0 Å². The first-order valence-corrected chi connectivity index (χ1v) is 7.62. The molecule has 1 aliphatic rings. The Morgan fingerprint density at radius 3 is 2.85 bits per heavy atom. The quantitative estimate of drug-likeness (QED) is 0.836. The lowest BCUT2D eigenvalue weighted by molar-refractivity contribution is 0.100. The third kappa shape index (κ3) is 3.50. The van der Waals surface area contributed by atoms with Gasteiger partial charge in [0, 0.05) is 12.3 Å². The number of hydrogen-bond acceptors (Lipinski definition) is 5. The van der Waals surface area contributed by atoms with Crippen LogP contribution in [0.4, 0.5) is 4.79 Å². The fraction of sp³-hybridized carbons (Fsp3) is 0.500. The van der Waals surface area contributed by atoms with Crippen molar-refractivity contribution in [2.24, 2.45) is 0 Å². The van der Waals surface area contributed by atoms with Gasteiger partial charge in [0.15, 0.2) is 11.5 Å². The molecule has 0 N–H and O–H groups in total. The average molecular weight is 297 g/mol. The highest BCUT2D eigenvalue weighted by Crippen LogP contribution is 2.29. The predicted octanol–water partition coefficient (Wildman–Crippen LogP) is 2.61. The van der Waals surface area contributed by atoms with Gasteiger partial charge in [-0.3, -0.25) is 4.90 Å². The molecule has 0 spiro atoms. The number of carbonyl (C=O) groups excluding carboxylic acids is 1. The number of ether oxygens (including phenoxy) is 3. The SMILES string of the molecule is CCOC(=O)N1CCSC1COc1ccccc1OC. The minimum Gasteiger partial charge on any atom is -0.493 e. The van der Waals surface area contributed by atoms with Crippen LogP contribution in [0.2, 0.25) is 0 Å². The molecule has 2 rings (SSSR count). The van der Waals surface area contributed by atoms with Gasteiger partial charge in [-0.25, -0.2) is 4.79 Å². The van der Waals surface area contributed by atoms with E-state index in [0.717, 1.165) is 5.75 Å². The minimum absolute atomic E-state index is 0.0148. The second-order valence-corrected chi connectivity index (χ2v) is 5.47. The highest BCUT2D eigenvalue weighted by molar-refractivity contribution is 8.00. The maximum absolute atomic E-state index is 11.8. The summed E-state index contributed by atoms with van der Waals surface area (Å²) in [5.74, 6) is 2.28. The number of benzene rings is 1. The second-order valence-electron chi connectivity index (χ2n) is 4.18. The van der Waals surface area contributed by atoms with Gasteiger partial charge in [-0.2, -0.15) is 0 Å². The van der Waals surface area contributed by atoms with Crippen LogP contribution in [0.3, 0.4) is 0 Å². The number of hydrogen-bond donors (Lipinski definition) is 0. The van der Waals surface area contributed by atoms with E-state index in [1.807, 2.05) is 24.3 Å². The number of nitrogens with zero attached hydrogens (tertiary/aromatic N) is 1. The van der Waals surface area contributed by atoms with Crippen LogP contribution in [0.25, 0.3) is 0 Å². The van der Waals surface area contributed by atoms with Gasteiger partial charge in [-0.05, 0) is 19.1 Å². The molecule has 0 aromatic heterocycles. The maximum Gasteiger partial charge on any atom is 0.410 e. The molecule has 5 nitrogen and oxygen atoms in total. The summed E-state index contributed by atoms with van der Waals surface area (Å²) >= 11 is 1.70. The third-order valence-corrected chi connectivity index (χ3v) is 4.14. The molecular formula is C14H19NO4S. The molecule has 6 heteroatoms. The van der Waals surface area contributed by atoms with Gasteiger partial charge >= 0.3 is 6.09 Å². The van der Waals surface area contributed by atoms with Crippen LogP contribution >= 0.6 is 11.8 Å². The van der Waals surface area contributed by atoms with Gasteiger partial charge in [0.05, 0.1) is 13.7 Å². The zero-order chi connectivity index (χ0) is 14.4. The molecular weight excluding hydrogens is 278 g/mol. The largest absolute Gasteiger partial charge is 0.493 e. The third-order valence-electron chi connectivity index (χ3n) is 2.94. The summed E-state index contributed by atoms with van der Waals surface area (Å²) in [6, 6.07) is 7.48. The first kappa shape index (κ1) is 14.8. The lowest BCUT2D eigenvalue weighted by atomic mass is 10.3. The molecule has 1 aromatic rings. The van der Waals surface area contributed by atoms with Crippen LogP contribution in [0.1, 0.15) is 6.92 Å². The van der Waals surface area contributed by atoms with Crippen LogP contribution < -0.4 is 9.47 Å². The number of para-hydroxylation sites is 2. The first-order chi connectivity index (χ1) is 9.76. The van der Waals surface area contributed by atoms with E-state index in [-0.39, 0.29) is 11.5 Å². The number of methoxy groups -OCH3 is 1. The van der Waals surface area contributed by atoms with E-state index in [1.54, 1.807) is 30.7 Å². The fourth-order valence-corrected chi connectivity index (χ4v) is 3.08. The number of rotatable bonds is 5. The van der Waals surface area contributed by atoms with E-state index in [0.29, 0.717) is 31.3 Å². The lowest BCUT2D eigenvalue weighted by Crippen LogP contribution is -2.38. The normalized spacial score (nSPS) is 17.9. The Bertz CT molecular complexity index is 455. The van der Waals surface area contributed by atoms with E-state index < -0.39 is 0 Å². The Morgan fingerprint density at radius 2 is 2.15 bits per heavy atom. The van der Waals surface area contributed by atoms with Crippen molar-refractivity contribution >= 4 is 17.9 Å². The van der Waals surface area contributed by atoms with Gasteiger partial charge < -0.3 is 14.2 Å². The van der Waals surface area contributed by atoms with E-state index >= 15 is 0 Å². The minimum atomic E-state index is -0.272. The topological polar surface area (TPSA) is 48.0 Å². The van der Waals surface area contributed by atoms with E-state index in [1.165, 1.54) is 0 Å². The fourth-order valence-electron chi connectivity index (χ4n) is 1.97. The molecule has 1 fully saturated rings. The molecule has 1 saturated heterocycles. The summed E-state index contributed by atoms with van der Waals surface area (Å²) in [6.07, 6.45) is -0.272. The Kier molecular flexibility index (Phi) is 5.40. The highest BCUT2D eigenvalue weighted by Gasteiger charge is 2.31. The number of carbonyl (C=O) groups is 1. The number of amides is 1. The Labute approximate surface area is 123 Å². The molecule has 1 heterocycles. The number of thioether (sulfide) groups is 1. The van der Waals surface area contributed by atoms with Gasteiger partial charge in [0.25, 0.3) is 0 Å². The van der Waals surface area contributed by atoms with Crippen molar-refractivity contribution in [2.45, 2.75) is 12.3 Å². The molecule has 1 unspecified atom stereocenters. The molecule has 0 radical (unpaired) electrons. The van der Waals surface area contributed by atoms with E-state index in [2.05, 4.69) is 0 Å². The summed E-state index contributed by atoms with van der Waals surface area (Å²) in [5.41, 5.74) is 0. The zero-order valence-corrected chi connectivity index (χ0v) is 12.5. The summed E-state index contributed by atoms with van der Waals surface area (Å²) < 4.78 is 16.1. The molecule has 20 heavy (non-hydrogen) atoms. The molecule has 0 bridgehead atoms. The summed E-state index contributed by atoms with van der Waals surface area (Å²) in [4.78, 5) is 13.5. The Morgan fingerprint density at radius 1 is 1.40 bits per heavy atom. The standard InChI is InChI=1S/C14H19NO4S/c1-3-18-14(16)15-8-9-20-13(15)10-19-12-7-5-4-6-11(12)17-2/h4-7,13H,3,8-10H2,1-2H3. The summed E-state index contributed by atoms with van der Waals surface area (Å²) in [6.45, 7) is 3.31. The molecule has 0 saturated carbocycles. The van der Waals surface area contributed by atoms with Crippen LogP contribution in [0, 0.1) is 0 Å². The molecule has 110 valence electrons. The predicted molar refractivity (Wildman–Crippen MR) is 78.5 cm³/mol. The maximum atomic E-state index is 11.8. The van der Waals surface area contributed by atoms with E-state index in [9.17, 15) is 4.79 Å². The van der Waals surface area contributed by atoms with Crippen molar-refractivity contribution in [3.8, 4) is 11.5 Å². The summed E-state index contributed by atoms with van der Waals surface area (Å²) in [7, 11) is 1.61. The lowest BCUT2D eigenvalue weighted by Gasteiger charge is -2.23. The van der Waals surface area contributed by atoms with Crippen LogP contribution in [0.5, 0.6) is 11.5 Å². The van der Waals surface area contributed by atoms with Crippen molar-refractivity contribution < 1.29 is 19.0 Å². The average Bonchev–Trinajstić information content (AvgIpc) is 2.94. The van der Waals surface area contributed by atoms with Crippen LogP contribution in [0.15, 0.2) is 24.3 Å². The van der Waals surface area contributed by atoms with Crippen molar-refractivity contribution in [3.05, 3.63) is 24.3 Å². The van der Waals surface area contributed by atoms with Gasteiger partial charge in [-0.15, -0.1) is 11.8 Å². The molecule has 1 atom stereocenters. The second kappa shape index (κ2) is 7.28. The van der Waals surface area contributed by atoms with Gasteiger partial charge in [0.1, 0.15) is 12.0 Å². The molecule has 0 aliphatic carbocycles. The summed E-state index contributed by atoms with van der Waals surface area (Å²) in [5, 5.41) is -0.0148. The Hall–Kier alpha value is -1.56. The molecule has 1 amide bonds. The van der Waals surface area contributed by atoms with Crippen LogP contribution in [-0.4, -0.2) is 49.0 Å². The zero-order valence-electron chi connectivity index (χ0n) is 11.7.